The minimum absolute atomic E-state index is 0.0988. The normalized spacial score (nSPS) is 12.2. The van der Waals surface area contributed by atoms with Crippen LogP contribution in [0.25, 0.3) is 0 Å². The Morgan fingerprint density at radius 3 is 2.47 bits per heavy atom. The predicted molar refractivity (Wildman–Crippen MR) is 82.6 cm³/mol. The maximum atomic E-state index is 5.99. The van der Waals surface area contributed by atoms with Crippen molar-refractivity contribution in [3.05, 3.63) is 58.1 Å². The van der Waals surface area contributed by atoms with Crippen LogP contribution in [0, 0.1) is 6.92 Å². The van der Waals surface area contributed by atoms with Gasteiger partial charge in [-0.1, -0.05) is 41.1 Å². The molecule has 19 heavy (non-hydrogen) atoms. The van der Waals surface area contributed by atoms with Gasteiger partial charge in [0.25, 0.3) is 0 Å². The molecule has 0 aliphatic carbocycles. The number of hydrogen-bond acceptors (Lipinski definition) is 2. The maximum absolute atomic E-state index is 5.99. The first-order chi connectivity index (χ1) is 9.10. The van der Waals surface area contributed by atoms with E-state index >= 15 is 0 Å². The third-order valence-corrected chi connectivity index (χ3v) is 3.62. The molecule has 0 saturated heterocycles. The van der Waals surface area contributed by atoms with E-state index < -0.39 is 0 Å². The fourth-order valence-electron chi connectivity index (χ4n) is 1.83. The lowest BCUT2D eigenvalue weighted by molar-refractivity contribution is 0.478. The summed E-state index contributed by atoms with van der Waals surface area (Å²) in [5.41, 5.74) is 8.24. The molecule has 2 aromatic rings. The quantitative estimate of drug-likeness (QED) is 0.864. The van der Waals surface area contributed by atoms with Gasteiger partial charge in [0.15, 0.2) is 0 Å². The van der Waals surface area contributed by atoms with E-state index in [1.54, 1.807) is 0 Å². The molecule has 0 bridgehead atoms. The largest absolute Gasteiger partial charge is 0.457 e. The molecule has 0 unspecified atom stereocenters. The molecular weight excluding hydrogens is 302 g/mol. The Labute approximate surface area is 122 Å². The molecule has 2 aromatic carbocycles. The molecule has 0 saturated carbocycles. The van der Waals surface area contributed by atoms with Gasteiger partial charge in [0.1, 0.15) is 11.5 Å². The zero-order chi connectivity index (χ0) is 13.8. The highest BCUT2D eigenvalue weighted by molar-refractivity contribution is 9.10. The second-order valence-corrected chi connectivity index (χ2v) is 5.51. The smallest absolute Gasteiger partial charge is 0.131 e. The summed E-state index contributed by atoms with van der Waals surface area (Å²) in [6, 6.07) is 14.1. The molecule has 0 aliphatic rings. The van der Waals surface area contributed by atoms with E-state index in [9.17, 15) is 0 Å². The van der Waals surface area contributed by atoms with E-state index in [1.165, 1.54) is 0 Å². The highest BCUT2D eigenvalue weighted by Gasteiger charge is 2.05. The van der Waals surface area contributed by atoms with Crippen LogP contribution in [0.3, 0.4) is 0 Å². The van der Waals surface area contributed by atoms with Crippen molar-refractivity contribution in [2.45, 2.75) is 26.3 Å². The standard InChI is InChI=1S/C16H18BrNO/c1-3-15(18)12-5-8-14(9-6-12)19-16-10-13(17)7-4-11(16)2/h4-10,15H,3,18H2,1-2H3/t15-/m0/s1. The number of aryl methyl sites for hydroxylation is 1. The second kappa shape index (κ2) is 6.22. The molecule has 0 aromatic heterocycles. The van der Waals surface area contributed by atoms with Gasteiger partial charge < -0.3 is 10.5 Å². The van der Waals surface area contributed by atoms with Crippen molar-refractivity contribution in [3.63, 3.8) is 0 Å². The summed E-state index contributed by atoms with van der Waals surface area (Å²) in [6.07, 6.45) is 0.935. The molecule has 100 valence electrons. The van der Waals surface area contributed by atoms with Crippen LogP contribution in [-0.4, -0.2) is 0 Å². The molecule has 0 spiro atoms. The molecule has 0 aliphatic heterocycles. The summed E-state index contributed by atoms with van der Waals surface area (Å²) in [7, 11) is 0. The average molecular weight is 320 g/mol. The summed E-state index contributed by atoms with van der Waals surface area (Å²) >= 11 is 3.45. The van der Waals surface area contributed by atoms with E-state index in [1.807, 2.05) is 49.4 Å². The average Bonchev–Trinajstić information content (AvgIpc) is 2.43. The van der Waals surface area contributed by atoms with Crippen LogP contribution in [0.1, 0.15) is 30.5 Å². The minimum atomic E-state index is 0.0988. The van der Waals surface area contributed by atoms with Gasteiger partial charge in [0.05, 0.1) is 0 Å². The van der Waals surface area contributed by atoms with Crippen LogP contribution >= 0.6 is 15.9 Å². The van der Waals surface area contributed by atoms with Gasteiger partial charge >= 0.3 is 0 Å². The summed E-state index contributed by atoms with van der Waals surface area (Å²) in [5, 5.41) is 0. The Kier molecular flexibility index (Phi) is 4.61. The Bertz CT molecular complexity index is 551. The predicted octanol–water partition coefficient (Wildman–Crippen LogP) is 4.96. The van der Waals surface area contributed by atoms with Crippen molar-refractivity contribution in [1.29, 1.82) is 0 Å². The fourth-order valence-corrected chi connectivity index (χ4v) is 2.17. The second-order valence-electron chi connectivity index (χ2n) is 4.60. The van der Waals surface area contributed by atoms with Crippen molar-refractivity contribution >= 4 is 15.9 Å². The monoisotopic (exact) mass is 319 g/mol. The van der Waals surface area contributed by atoms with Gasteiger partial charge in [-0.2, -0.15) is 0 Å². The van der Waals surface area contributed by atoms with E-state index in [-0.39, 0.29) is 6.04 Å². The maximum Gasteiger partial charge on any atom is 0.131 e. The molecule has 2 rings (SSSR count). The van der Waals surface area contributed by atoms with Gasteiger partial charge in [0, 0.05) is 10.5 Å². The van der Waals surface area contributed by atoms with Crippen LogP contribution in [0.2, 0.25) is 0 Å². The van der Waals surface area contributed by atoms with Crippen LogP contribution in [0.5, 0.6) is 11.5 Å². The molecular formula is C16H18BrNO. The van der Waals surface area contributed by atoms with Gasteiger partial charge in [-0.3, -0.25) is 0 Å². The molecule has 0 amide bonds. The Morgan fingerprint density at radius 1 is 1.16 bits per heavy atom. The van der Waals surface area contributed by atoms with Crippen LogP contribution in [0.4, 0.5) is 0 Å². The molecule has 0 heterocycles. The fraction of sp³-hybridized carbons (Fsp3) is 0.250. The van der Waals surface area contributed by atoms with Crippen molar-refractivity contribution in [2.24, 2.45) is 5.73 Å². The molecule has 0 radical (unpaired) electrons. The first-order valence-corrected chi connectivity index (χ1v) is 7.19. The lowest BCUT2D eigenvalue weighted by atomic mass is 10.1. The minimum Gasteiger partial charge on any atom is -0.457 e. The number of hydrogen-bond donors (Lipinski definition) is 1. The number of nitrogens with two attached hydrogens (primary N) is 1. The third kappa shape index (κ3) is 3.58. The van der Waals surface area contributed by atoms with Crippen LogP contribution in [-0.2, 0) is 0 Å². The SMILES string of the molecule is CC[C@H](N)c1ccc(Oc2cc(Br)ccc2C)cc1. The Morgan fingerprint density at radius 2 is 1.84 bits per heavy atom. The zero-order valence-corrected chi connectivity index (χ0v) is 12.8. The number of rotatable bonds is 4. The molecule has 1 atom stereocenters. The summed E-state index contributed by atoms with van der Waals surface area (Å²) in [4.78, 5) is 0. The lowest BCUT2D eigenvalue weighted by Gasteiger charge is -2.12. The molecule has 0 fully saturated rings. The van der Waals surface area contributed by atoms with Gasteiger partial charge in [0.2, 0.25) is 0 Å². The summed E-state index contributed by atoms with van der Waals surface area (Å²) < 4.78 is 6.90. The lowest BCUT2D eigenvalue weighted by Crippen LogP contribution is -2.08. The van der Waals surface area contributed by atoms with Gasteiger partial charge in [-0.05, 0) is 48.7 Å². The topological polar surface area (TPSA) is 35.2 Å². The number of ether oxygens (including phenoxy) is 1. The van der Waals surface area contributed by atoms with Crippen molar-refractivity contribution in [2.75, 3.05) is 0 Å². The van der Waals surface area contributed by atoms with Gasteiger partial charge in [-0.25, -0.2) is 0 Å². The summed E-state index contributed by atoms with van der Waals surface area (Å²) in [6.45, 7) is 4.11. The van der Waals surface area contributed by atoms with Crippen LogP contribution in [0.15, 0.2) is 46.9 Å². The first-order valence-electron chi connectivity index (χ1n) is 6.39. The van der Waals surface area contributed by atoms with E-state index in [4.69, 9.17) is 10.5 Å². The van der Waals surface area contributed by atoms with Crippen LogP contribution < -0.4 is 10.5 Å². The van der Waals surface area contributed by atoms with E-state index in [0.717, 1.165) is 33.5 Å². The summed E-state index contributed by atoms with van der Waals surface area (Å²) in [5.74, 6) is 1.69. The molecule has 2 N–H and O–H groups in total. The Hall–Kier alpha value is -1.32. The molecule has 2 nitrogen and oxygen atoms in total. The van der Waals surface area contributed by atoms with Gasteiger partial charge in [-0.15, -0.1) is 0 Å². The number of benzene rings is 2. The third-order valence-electron chi connectivity index (χ3n) is 3.13. The molecule has 3 heteroatoms. The first kappa shape index (κ1) is 14.1. The Balaban J connectivity index is 2.17. The zero-order valence-electron chi connectivity index (χ0n) is 11.2. The number of halogens is 1. The van der Waals surface area contributed by atoms with E-state index in [0.29, 0.717) is 0 Å². The highest BCUT2D eigenvalue weighted by Crippen LogP contribution is 2.28. The van der Waals surface area contributed by atoms with E-state index in [2.05, 4.69) is 22.9 Å². The van der Waals surface area contributed by atoms with Crippen molar-refractivity contribution < 1.29 is 4.74 Å². The van der Waals surface area contributed by atoms with Crippen molar-refractivity contribution in [1.82, 2.24) is 0 Å². The highest BCUT2D eigenvalue weighted by atomic mass is 79.9. The van der Waals surface area contributed by atoms with Crippen molar-refractivity contribution in [3.8, 4) is 11.5 Å².